The summed E-state index contributed by atoms with van der Waals surface area (Å²) in [7, 11) is 0. The molecule has 1 aromatic carbocycles. The quantitative estimate of drug-likeness (QED) is 0.709. The van der Waals surface area contributed by atoms with Crippen LogP contribution in [0.5, 0.6) is 0 Å². The van der Waals surface area contributed by atoms with Crippen LogP contribution in [0.25, 0.3) is 22.6 Å². The number of hydrogen-bond acceptors (Lipinski definition) is 4. The standard InChI is InChI=1S/C16H16F2N4O/c17-11-9-14-15(10-12(11)18)22(6-8-23-7-4-19)16(21-14)13-3-1-2-5-20-13/h1-3,5,9-10H,4,6-8,19H2. The third kappa shape index (κ3) is 3.20. The summed E-state index contributed by atoms with van der Waals surface area (Å²) in [5, 5.41) is 0. The smallest absolute Gasteiger partial charge is 0.161 e. The lowest BCUT2D eigenvalue weighted by Crippen LogP contribution is -2.13. The minimum Gasteiger partial charge on any atom is -0.378 e. The highest BCUT2D eigenvalue weighted by atomic mass is 19.2. The van der Waals surface area contributed by atoms with E-state index in [4.69, 9.17) is 10.5 Å². The average molecular weight is 318 g/mol. The predicted molar refractivity (Wildman–Crippen MR) is 82.8 cm³/mol. The lowest BCUT2D eigenvalue weighted by atomic mass is 10.3. The number of pyridine rings is 1. The number of imidazole rings is 1. The molecule has 0 saturated heterocycles. The summed E-state index contributed by atoms with van der Waals surface area (Å²) in [6, 6.07) is 7.66. The molecule has 0 fully saturated rings. The van der Waals surface area contributed by atoms with Crippen molar-refractivity contribution in [1.82, 2.24) is 14.5 Å². The van der Waals surface area contributed by atoms with E-state index >= 15 is 0 Å². The van der Waals surface area contributed by atoms with Crippen LogP contribution in [0.4, 0.5) is 8.78 Å². The lowest BCUT2D eigenvalue weighted by molar-refractivity contribution is 0.134. The van der Waals surface area contributed by atoms with Crippen LogP contribution in [0.2, 0.25) is 0 Å². The number of hydrogen-bond donors (Lipinski definition) is 1. The van der Waals surface area contributed by atoms with Crippen LogP contribution in [0.15, 0.2) is 36.5 Å². The second kappa shape index (κ2) is 6.80. The third-order valence-electron chi connectivity index (χ3n) is 3.41. The molecule has 0 bridgehead atoms. The molecule has 120 valence electrons. The number of rotatable bonds is 6. The molecule has 2 aromatic heterocycles. The molecule has 0 saturated carbocycles. The molecule has 0 spiro atoms. The second-order valence-electron chi connectivity index (χ2n) is 4.96. The van der Waals surface area contributed by atoms with E-state index in [1.54, 1.807) is 22.9 Å². The molecular weight excluding hydrogens is 302 g/mol. The highest BCUT2D eigenvalue weighted by Gasteiger charge is 2.16. The molecule has 23 heavy (non-hydrogen) atoms. The van der Waals surface area contributed by atoms with Gasteiger partial charge in [-0.2, -0.15) is 0 Å². The Kier molecular flexibility index (Phi) is 4.59. The van der Waals surface area contributed by atoms with Gasteiger partial charge < -0.3 is 15.0 Å². The van der Waals surface area contributed by atoms with Gasteiger partial charge in [-0.15, -0.1) is 0 Å². The molecule has 0 aliphatic carbocycles. The van der Waals surface area contributed by atoms with Gasteiger partial charge in [0.1, 0.15) is 5.69 Å². The van der Waals surface area contributed by atoms with E-state index in [1.165, 1.54) is 0 Å². The van der Waals surface area contributed by atoms with Crippen LogP contribution in [0.3, 0.4) is 0 Å². The third-order valence-corrected chi connectivity index (χ3v) is 3.41. The zero-order valence-corrected chi connectivity index (χ0v) is 12.4. The summed E-state index contributed by atoms with van der Waals surface area (Å²) in [5.74, 6) is -1.29. The normalized spacial score (nSPS) is 11.3. The van der Waals surface area contributed by atoms with Crippen molar-refractivity contribution < 1.29 is 13.5 Å². The van der Waals surface area contributed by atoms with Crippen molar-refractivity contribution >= 4 is 11.0 Å². The Morgan fingerprint density at radius 2 is 1.96 bits per heavy atom. The van der Waals surface area contributed by atoms with Crippen LogP contribution in [0, 0.1) is 11.6 Å². The molecule has 7 heteroatoms. The van der Waals surface area contributed by atoms with E-state index in [-0.39, 0.29) is 0 Å². The number of ether oxygens (including phenoxy) is 1. The van der Waals surface area contributed by atoms with Gasteiger partial charge in [0.05, 0.1) is 24.2 Å². The maximum Gasteiger partial charge on any atom is 0.161 e. The van der Waals surface area contributed by atoms with E-state index in [1.807, 2.05) is 6.07 Å². The summed E-state index contributed by atoms with van der Waals surface area (Å²) < 4.78 is 34.2. The first-order valence-corrected chi connectivity index (χ1v) is 7.25. The first-order valence-electron chi connectivity index (χ1n) is 7.25. The molecule has 3 aromatic rings. The zero-order chi connectivity index (χ0) is 16.2. The van der Waals surface area contributed by atoms with Crippen molar-refractivity contribution in [2.75, 3.05) is 19.8 Å². The maximum atomic E-state index is 13.6. The summed E-state index contributed by atoms with van der Waals surface area (Å²) in [5.41, 5.74) is 6.90. The molecule has 3 rings (SSSR count). The molecule has 0 aliphatic rings. The van der Waals surface area contributed by atoms with Crippen LogP contribution in [0.1, 0.15) is 0 Å². The molecule has 2 N–H and O–H groups in total. The number of halogens is 2. The molecular formula is C16H16F2N4O. The summed E-state index contributed by atoms with van der Waals surface area (Å²) in [6.07, 6.45) is 1.64. The van der Waals surface area contributed by atoms with E-state index in [0.29, 0.717) is 48.9 Å². The number of aromatic nitrogens is 3. The fourth-order valence-corrected chi connectivity index (χ4v) is 2.38. The first kappa shape index (κ1) is 15.5. The van der Waals surface area contributed by atoms with E-state index in [2.05, 4.69) is 9.97 Å². The van der Waals surface area contributed by atoms with Gasteiger partial charge in [0.2, 0.25) is 0 Å². The molecule has 0 amide bonds. The second-order valence-corrected chi connectivity index (χ2v) is 4.96. The van der Waals surface area contributed by atoms with Crippen molar-refractivity contribution in [3.05, 3.63) is 48.2 Å². The van der Waals surface area contributed by atoms with Crippen molar-refractivity contribution in [3.8, 4) is 11.5 Å². The lowest BCUT2D eigenvalue weighted by Gasteiger charge is -2.09. The Labute approximate surface area is 131 Å². The van der Waals surface area contributed by atoms with E-state index in [9.17, 15) is 8.78 Å². The Morgan fingerprint density at radius 1 is 1.13 bits per heavy atom. The largest absolute Gasteiger partial charge is 0.378 e. The summed E-state index contributed by atoms with van der Waals surface area (Å²) in [6.45, 7) is 1.70. The molecule has 2 heterocycles. The first-order chi connectivity index (χ1) is 11.2. The van der Waals surface area contributed by atoms with Crippen LogP contribution in [-0.4, -0.2) is 34.3 Å². The molecule has 0 unspecified atom stereocenters. The fraction of sp³-hybridized carbons (Fsp3) is 0.250. The molecule has 0 radical (unpaired) electrons. The van der Waals surface area contributed by atoms with Gasteiger partial charge in [-0.05, 0) is 12.1 Å². The summed E-state index contributed by atoms with van der Waals surface area (Å²) in [4.78, 5) is 8.66. The predicted octanol–water partition coefficient (Wildman–Crippen LogP) is 2.35. The Hall–Kier alpha value is -2.38. The Morgan fingerprint density at radius 3 is 2.70 bits per heavy atom. The molecule has 0 atom stereocenters. The van der Waals surface area contributed by atoms with Crippen LogP contribution in [-0.2, 0) is 11.3 Å². The van der Waals surface area contributed by atoms with Gasteiger partial charge in [-0.1, -0.05) is 6.07 Å². The monoisotopic (exact) mass is 318 g/mol. The SMILES string of the molecule is NCCOCCn1c(-c2ccccn2)nc2cc(F)c(F)cc21. The van der Waals surface area contributed by atoms with Crippen molar-refractivity contribution in [2.24, 2.45) is 5.73 Å². The number of nitrogens with two attached hydrogens (primary N) is 1. The minimum absolute atomic E-state index is 0.378. The van der Waals surface area contributed by atoms with Crippen LogP contribution >= 0.6 is 0 Å². The van der Waals surface area contributed by atoms with Crippen LogP contribution < -0.4 is 5.73 Å². The minimum atomic E-state index is -0.922. The molecule has 0 aliphatic heterocycles. The van der Waals surface area contributed by atoms with Gasteiger partial charge in [0.25, 0.3) is 0 Å². The van der Waals surface area contributed by atoms with E-state index in [0.717, 1.165) is 12.1 Å². The number of nitrogens with zero attached hydrogens (tertiary/aromatic N) is 3. The Bertz CT molecular complexity index is 805. The van der Waals surface area contributed by atoms with Crippen molar-refractivity contribution in [2.45, 2.75) is 6.54 Å². The van der Waals surface area contributed by atoms with Gasteiger partial charge in [0.15, 0.2) is 17.5 Å². The average Bonchev–Trinajstić information content (AvgIpc) is 2.91. The summed E-state index contributed by atoms with van der Waals surface area (Å²) >= 11 is 0. The van der Waals surface area contributed by atoms with Crippen molar-refractivity contribution in [3.63, 3.8) is 0 Å². The topological polar surface area (TPSA) is 66.0 Å². The zero-order valence-electron chi connectivity index (χ0n) is 12.4. The van der Waals surface area contributed by atoms with Gasteiger partial charge >= 0.3 is 0 Å². The Balaban J connectivity index is 2.06. The van der Waals surface area contributed by atoms with Gasteiger partial charge in [0, 0.05) is 31.4 Å². The fourth-order valence-electron chi connectivity index (χ4n) is 2.38. The van der Waals surface area contributed by atoms with E-state index < -0.39 is 11.6 Å². The molecule has 5 nitrogen and oxygen atoms in total. The van der Waals surface area contributed by atoms with Gasteiger partial charge in [-0.25, -0.2) is 13.8 Å². The number of fused-ring (bicyclic) bond motifs is 1. The maximum absolute atomic E-state index is 13.6. The highest BCUT2D eigenvalue weighted by Crippen LogP contribution is 2.25. The van der Waals surface area contributed by atoms with Crippen molar-refractivity contribution in [1.29, 1.82) is 0 Å². The number of benzene rings is 1. The highest BCUT2D eigenvalue weighted by molar-refractivity contribution is 5.80. The van der Waals surface area contributed by atoms with Gasteiger partial charge in [-0.3, -0.25) is 4.98 Å².